The zero-order valence-electron chi connectivity index (χ0n) is 17.5. The third-order valence-corrected chi connectivity index (χ3v) is 5.42. The van der Waals surface area contributed by atoms with Crippen molar-refractivity contribution >= 4 is 34.2 Å². The fraction of sp³-hybridized carbons (Fsp3) is 0.174. The van der Waals surface area contributed by atoms with E-state index in [1.807, 2.05) is 36.4 Å². The molecule has 0 fully saturated rings. The average Bonchev–Trinajstić information content (AvgIpc) is 3.23. The maximum atomic E-state index is 13.2. The number of carbonyl (C=O) groups is 2. The van der Waals surface area contributed by atoms with Crippen molar-refractivity contribution in [3.8, 4) is 11.6 Å². The Morgan fingerprint density at radius 1 is 1.06 bits per heavy atom. The molecular formula is C23H20N6O3. The second kappa shape index (κ2) is 7.45. The van der Waals surface area contributed by atoms with E-state index in [0.717, 1.165) is 5.69 Å². The number of amides is 2. The minimum absolute atomic E-state index is 0.248. The van der Waals surface area contributed by atoms with Crippen molar-refractivity contribution in [2.75, 3.05) is 16.8 Å². The molecule has 0 aliphatic carbocycles. The molecule has 0 unspecified atom stereocenters. The topological polar surface area (TPSA) is 102 Å². The van der Waals surface area contributed by atoms with Gasteiger partial charge in [-0.1, -0.05) is 30.3 Å². The van der Waals surface area contributed by atoms with E-state index in [4.69, 9.17) is 4.74 Å². The number of fused-ring (bicyclic) bond motifs is 2. The summed E-state index contributed by atoms with van der Waals surface area (Å²) in [7, 11) is 0. The highest BCUT2D eigenvalue weighted by Crippen LogP contribution is 2.36. The molecule has 0 bridgehead atoms. The molecule has 4 aromatic rings. The van der Waals surface area contributed by atoms with E-state index in [1.54, 1.807) is 42.9 Å². The molecule has 1 aliphatic heterocycles. The Kier molecular flexibility index (Phi) is 4.58. The highest BCUT2D eigenvalue weighted by molar-refractivity contribution is 6.14. The molecule has 32 heavy (non-hydrogen) atoms. The predicted molar refractivity (Wildman–Crippen MR) is 119 cm³/mol. The van der Waals surface area contributed by atoms with Crippen LogP contribution in [0.3, 0.4) is 0 Å². The van der Waals surface area contributed by atoms with Crippen LogP contribution in [0.4, 0.5) is 11.4 Å². The number of hydrogen-bond acceptors (Lipinski definition) is 6. The van der Waals surface area contributed by atoms with Crippen LogP contribution in [0.2, 0.25) is 0 Å². The number of hydrogen-bond donors (Lipinski definition) is 1. The number of nitrogens with one attached hydrogen (secondary N) is 1. The molecule has 9 heteroatoms. The molecule has 9 nitrogen and oxygen atoms in total. The summed E-state index contributed by atoms with van der Waals surface area (Å²) < 4.78 is 7.48. The van der Waals surface area contributed by atoms with E-state index in [-0.39, 0.29) is 24.3 Å². The van der Waals surface area contributed by atoms with E-state index < -0.39 is 5.54 Å². The van der Waals surface area contributed by atoms with E-state index in [9.17, 15) is 9.59 Å². The average molecular weight is 428 g/mol. The van der Waals surface area contributed by atoms with Crippen molar-refractivity contribution in [3.05, 3.63) is 67.1 Å². The Hall–Kier alpha value is -4.27. The Balaban J connectivity index is 1.43. The number of ether oxygens (including phenoxy) is 1. The lowest BCUT2D eigenvalue weighted by molar-refractivity contribution is -0.127. The highest BCUT2D eigenvalue weighted by atomic mass is 16.5. The standard InChI is InChI=1S/C23H20N6O3/c1-23(2)22(31)27-17-10-6-7-11-18(17)28(23)19(30)13-32-21-16-12-26-29(20(16)24-14-25-21)15-8-4-3-5-9-15/h3-12,14H,13H2,1-2H3,(H,27,31). The van der Waals surface area contributed by atoms with E-state index >= 15 is 0 Å². The van der Waals surface area contributed by atoms with Crippen molar-refractivity contribution in [3.63, 3.8) is 0 Å². The molecule has 160 valence electrons. The lowest BCUT2D eigenvalue weighted by Crippen LogP contribution is -2.59. The monoisotopic (exact) mass is 428 g/mol. The minimum atomic E-state index is -1.08. The zero-order chi connectivity index (χ0) is 22.3. The second-order valence-electron chi connectivity index (χ2n) is 7.86. The van der Waals surface area contributed by atoms with Gasteiger partial charge >= 0.3 is 0 Å². The summed E-state index contributed by atoms with van der Waals surface area (Å²) in [6.07, 6.45) is 2.98. The van der Waals surface area contributed by atoms with Crippen LogP contribution in [-0.4, -0.2) is 43.7 Å². The van der Waals surface area contributed by atoms with Crippen molar-refractivity contribution < 1.29 is 14.3 Å². The van der Waals surface area contributed by atoms with Crippen LogP contribution in [0.15, 0.2) is 67.1 Å². The first-order valence-electron chi connectivity index (χ1n) is 10.1. The lowest BCUT2D eigenvalue weighted by Gasteiger charge is -2.41. The van der Waals surface area contributed by atoms with Gasteiger partial charge < -0.3 is 10.1 Å². The molecule has 1 aliphatic rings. The molecule has 2 aromatic carbocycles. The van der Waals surface area contributed by atoms with Crippen LogP contribution in [0.1, 0.15) is 13.8 Å². The van der Waals surface area contributed by atoms with Gasteiger partial charge in [0.25, 0.3) is 5.91 Å². The van der Waals surface area contributed by atoms with Crippen LogP contribution >= 0.6 is 0 Å². The maximum Gasteiger partial charge on any atom is 0.265 e. The van der Waals surface area contributed by atoms with Gasteiger partial charge in [0.05, 0.1) is 23.3 Å². The molecule has 2 aromatic heterocycles. The smallest absolute Gasteiger partial charge is 0.265 e. The van der Waals surface area contributed by atoms with Gasteiger partial charge in [-0.2, -0.15) is 5.10 Å². The largest absolute Gasteiger partial charge is 0.467 e. The number of para-hydroxylation sites is 3. The van der Waals surface area contributed by atoms with Crippen LogP contribution < -0.4 is 15.0 Å². The quantitative estimate of drug-likeness (QED) is 0.536. The molecule has 5 rings (SSSR count). The first-order valence-corrected chi connectivity index (χ1v) is 10.1. The molecule has 0 atom stereocenters. The fourth-order valence-corrected chi connectivity index (χ4v) is 3.79. The van der Waals surface area contributed by atoms with E-state index in [1.165, 1.54) is 11.2 Å². The number of aromatic nitrogens is 4. The van der Waals surface area contributed by atoms with Gasteiger partial charge in [-0.15, -0.1) is 0 Å². The first-order chi connectivity index (χ1) is 15.5. The summed E-state index contributed by atoms with van der Waals surface area (Å²) in [6.45, 7) is 3.10. The van der Waals surface area contributed by atoms with Crippen molar-refractivity contribution in [1.82, 2.24) is 19.7 Å². The Bertz CT molecular complexity index is 1330. The summed E-state index contributed by atoms with van der Waals surface area (Å²) in [5, 5.41) is 7.82. The SMILES string of the molecule is CC1(C)C(=O)Nc2ccccc2N1C(=O)COc1ncnc2c1cnn2-c1ccccc1. The molecule has 0 saturated heterocycles. The Morgan fingerprint density at radius 3 is 2.62 bits per heavy atom. The van der Waals surface area contributed by atoms with Gasteiger partial charge in [0.2, 0.25) is 11.8 Å². The molecule has 0 radical (unpaired) electrons. The summed E-state index contributed by atoms with van der Waals surface area (Å²) in [5.74, 6) is -0.379. The van der Waals surface area contributed by atoms with Crippen LogP contribution in [-0.2, 0) is 9.59 Å². The summed E-state index contributed by atoms with van der Waals surface area (Å²) >= 11 is 0. The maximum absolute atomic E-state index is 13.2. The Morgan fingerprint density at radius 2 is 1.81 bits per heavy atom. The van der Waals surface area contributed by atoms with Gasteiger partial charge in [-0.25, -0.2) is 14.6 Å². The van der Waals surface area contributed by atoms with Crippen molar-refractivity contribution in [2.45, 2.75) is 19.4 Å². The van der Waals surface area contributed by atoms with Gasteiger partial charge in [0.1, 0.15) is 17.3 Å². The van der Waals surface area contributed by atoms with Gasteiger partial charge in [-0.3, -0.25) is 14.5 Å². The normalized spacial score (nSPS) is 14.7. The molecule has 0 spiro atoms. The minimum Gasteiger partial charge on any atom is -0.467 e. The third-order valence-electron chi connectivity index (χ3n) is 5.42. The molecule has 2 amide bonds. The third kappa shape index (κ3) is 3.15. The van der Waals surface area contributed by atoms with E-state index in [0.29, 0.717) is 22.4 Å². The summed E-state index contributed by atoms with van der Waals surface area (Å²) in [4.78, 5) is 35.8. The van der Waals surface area contributed by atoms with Crippen LogP contribution in [0.5, 0.6) is 5.88 Å². The molecular weight excluding hydrogens is 408 g/mol. The van der Waals surface area contributed by atoms with Gasteiger partial charge in [0.15, 0.2) is 12.3 Å². The number of benzene rings is 2. The lowest BCUT2D eigenvalue weighted by atomic mass is 9.96. The Labute approximate surface area is 183 Å². The fourth-order valence-electron chi connectivity index (χ4n) is 3.79. The number of anilines is 2. The number of rotatable bonds is 4. The van der Waals surface area contributed by atoms with Crippen LogP contribution in [0, 0.1) is 0 Å². The molecule has 1 N–H and O–H groups in total. The van der Waals surface area contributed by atoms with Crippen molar-refractivity contribution in [2.24, 2.45) is 0 Å². The predicted octanol–water partition coefficient (Wildman–Crippen LogP) is 2.96. The zero-order valence-corrected chi connectivity index (χ0v) is 17.5. The second-order valence-corrected chi connectivity index (χ2v) is 7.86. The highest BCUT2D eigenvalue weighted by Gasteiger charge is 2.43. The van der Waals surface area contributed by atoms with Gasteiger partial charge in [0, 0.05) is 0 Å². The van der Waals surface area contributed by atoms with E-state index in [2.05, 4.69) is 20.4 Å². The van der Waals surface area contributed by atoms with Crippen molar-refractivity contribution in [1.29, 1.82) is 0 Å². The van der Waals surface area contributed by atoms with Gasteiger partial charge in [-0.05, 0) is 38.1 Å². The number of nitrogens with zero attached hydrogens (tertiary/aromatic N) is 5. The van der Waals surface area contributed by atoms with Crippen LogP contribution in [0.25, 0.3) is 16.7 Å². The number of carbonyl (C=O) groups excluding carboxylic acids is 2. The summed E-state index contributed by atoms with van der Waals surface area (Å²) in [6, 6.07) is 16.8. The molecule has 0 saturated carbocycles. The summed E-state index contributed by atoms with van der Waals surface area (Å²) in [5.41, 5.74) is 1.54. The first kappa shape index (κ1) is 19.7. The molecule has 3 heterocycles.